The summed E-state index contributed by atoms with van der Waals surface area (Å²) >= 11 is 0. The number of anilines is 1. The molecule has 0 heterocycles. The van der Waals surface area contributed by atoms with Crippen LogP contribution in [0.4, 0.5) is 10.5 Å². The van der Waals surface area contributed by atoms with E-state index in [1.54, 1.807) is 39.2 Å². The maximum Gasteiger partial charge on any atom is 0.414 e. The van der Waals surface area contributed by atoms with Crippen molar-refractivity contribution in [2.24, 2.45) is 0 Å². The van der Waals surface area contributed by atoms with E-state index in [0.717, 1.165) is 5.56 Å². The molecule has 1 N–H and O–H groups in total. The van der Waals surface area contributed by atoms with E-state index in [0.29, 0.717) is 17.9 Å². The number of aliphatic hydroxyl groups excluding tert-OH is 1. The molecular formula is C17H28N2O4. The topological polar surface area (TPSA) is 62.2 Å². The molecule has 23 heavy (non-hydrogen) atoms. The van der Waals surface area contributed by atoms with Gasteiger partial charge in [-0.25, -0.2) is 4.79 Å². The van der Waals surface area contributed by atoms with Gasteiger partial charge in [0.2, 0.25) is 0 Å². The number of hydrogen-bond acceptors (Lipinski definition) is 5. The van der Waals surface area contributed by atoms with Gasteiger partial charge in [-0.05, 0) is 40.9 Å². The number of benzene rings is 1. The lowest BCUT2D eigenvalue weighted by atomic mass is 10.1. The number of ether oxygens (including phenoxy) is 2. The Labute approximate surface area is 138 Å². The molecule has 0 bridgehead atoms. The summed E-state index contributed by atoms with van der Waals surface area (Å²) in [6.07, 6.45) is -0.696. The Kier molecular flexibility index (Phi) is 6.41. The SMILES string of the molecule is COc1c(CC(O)N(C)C)cccc1N(C)C(=O)OC(C)(C)C. The minimum absolute atomic E-state index is 0.395. The van der Waals surface area contributed by atoms with E-state index < -0.39 is 17.9 Å². The minimum atomic E-state index is -0.633. The molecule has 1 aromatic carbocycles. The lowest BCUT2D eigenvalue weighted by Crippen LogP contribution is -2.34. The van der Waals surface area contributed by atoms with Crippen LogP contribution in [0.2, 0.25) is 0 Å². The zero-order chi connectivity index (χ0) is 17.8. The highest BCUT2D eigenvalue weighted by Gasteiger charge is 2.24. The molecule has 1 amide bonds. The summed E-state index contributed by atoms with van der Waals surface area (Å²) in [5.41, 5.74) is 0.851. The molecule has 0 spiro atoms. The molecule has 0 aliphatic heterocycles. The second-order valence-corrected chi connectivity index (χ2v) is 6.66. The molecule has 0 saturated heterocycles. The number of para-hydroxylation sites is 1. The lowest BCUT2D eigenvalue weighted by molar-refractivity contribution is 0.0408. The minimum Gasteiger partial charge on any atom is -0.494 e. The second-order valence-electron chi connectivity index (χ2n) is 6.66. The second kappa shape index (κ2) is 7.66. The highest BCUT2D eigenvalue weighted by atomic mass is 16.6. The van der Waals surface area contributed by atoms with Crippen LogP contribution in [-0.2, 0) is 11.2 Å². The number of rotatable bonds is 5. The highest BCUT2D eigenvalue weighted by molar-refractivity contribution is 5.89. The van der Waals surface area contributed by atoms with Gasteiger partial charge in [0.05, 0.1) is 12.8 Å². The Hall–Kier alpha value is -1.79. The molecule has 0 aromatic heterocycles. The molecule has 0 radical (unpaired) electrons. The van der Waals surface area contributed by atoms with Gasteiger partial charge in [0.1, 0.15) is 17.6 Å². The van der Waals surface area contributed by atoms with Crippen LogP contribution in [0.5, 0.6) is 5.75 Å². The number of amides is 1. The zero-order valence-electron chi connectivity index (χ0n) is 15.1. The standard InChI is InChI=1S/C17H28N2O4/c1-17(2,3)23-16(21)19(6)13-10-8-9-12(15(13)22-7)11-14(20)18(4)5/h8-10,14,20H,11H2,1-7H3. The fraction of sp³-hybridized carbons (Fsp3) is 0.588. The van der Waals surface area contributed by atoms with E-state index in [1.165, 1.54) is 4.90 Å². The largest absolute Gasteiger partial charge is 0.494 e. The van der Waals surface area contributed by atoms with Crippen LogP contribution >= 0.6 is 0 Å². The summed E-state index contributed by atoms with van der Waals surface area (Å²) < 4.78 is 10.9. The predicted octanol–water partition coefficient (Wildman–Crippen LogP) is 2.49. The van der Waals surface area contributed by atoms with E-state index >= 15 is 0 Å². The van der Waals surface area contributed by atoms with E-state index in [-0.39, 0.29) is 0 Å². The molecule has 1 rings (SSSR count). The van der Waals surface area contributed by atoms with E-state index in [1.807, 2.05) is 32.9 Å². The number of aliphatic hydroxyl groups is 1. The molecule has 6 nitrogen and oxygen atoms in total. The van der Waals surface area contributed by atoms with Crippen LogP contribution in [0.15, 0.2) is 18.2 Å². The Morgan fingerprint density at radius 1 is 1.26 bits per heavy atom. The molecule has 1 atom stereocenters. The van der Waals surface area contributed by atoms with Gasteiger partial charge in [0, 0.05) is 19.0 Å². The summed E-state index contributed by atoms with van der Waals surface area (Å²) in [5, 5.41) is 10.1. The van der Waals surface area contributed by atoms with Gasteiger partial charge in [-0.2, -0.15) is 0 Å². The van der Waals surface area contributed by atoms with Gasteiger partial charge in [-0.15, -0.1) is 0 Å². The van der Waals surface area contributed by atoms with Gasteiger partial charge in [-0.1, -0.05) is 12.1 Å². The first kappa shape index (κ1) is 19.3. The zero-order valence-corrected chi connectivity index (χ0v) is 15.1. The third kappa shape index (κ3) is 5.41. The fourth-order valence-electron chi connectivity index (χ4n) is 2.04. The summed E-state index contributed by atoms with van der Waals surface area (Å²) in [5.74, 6) is 0.557. The van der Waals surface area contributed by atoms with Crippen molar-refractivity contribution in [3.63, 3.8) is 0 Å². The number of likely N-dealkylation sites (N-methyl/N-ethyl adjacent to an activating group) is 1. The van der Waals surface area contributed by atoms with Crippen molar-refractivity contribution in [3.8, 4) is 5.75 Å². The summed E-state index contributed by atoms with van der Waals surface area (Å²) in [6, 6.07) is 5.49. The van der Waals surface area contributed by atoms with Crippen molar-refractivity contribution in [1.82, 2.24) is 4.90 Å². The third-order valence-electron chi connectivity index (χ3n) is 3.31. The molecule has 0 aliphatic rings. The van der Waals surface area contributed by atoms with Crippen molar-refractivity contribution in [2.45, 2.75) is 39.0 Å². The van der Waals surface area contributed by atoms with E-state index in [2.05, 4.69) is 0 Å². The van der Waals surface area contributed by atoms with Crippen LogP contribution in [-0.4, -0.2) is 56.2 Å². The Balaban J connectivity index is 3.09. The number of carbonyl (C=O) groups excluding carboxylic acids is 1. The average molecular weight is 324 g/mol. The molecular weight excluding hydrogens is 296 g/mol. The average Bonchev–Trinajstić information content (AvgIpc) is 2.44. The van der Waals surface area contributed by atoms with Crippen molar-refractivity contribution in [2.75, 3.05) is 33.2 Å². The van der Waals surface area contributed by atoms with Gasteiger partial charge < -0.3 is 14.6 Å². The van der Waals surface area contributed by atoms with Crippen molar-refractivity contribution in [1.29, 1.82) is 0 Å². The number of nitrogens with zero attached hydrogens (tertiary/aromatic N) is 2. The fourth-order valence-corrected chi connectivity index (χ4v) is 2.04. The van der Waals surface area contributed by atoms with Crippen molar-refractivity contribution < 1.29 is 19.4 Å². The summed E-state index contributed by atoms with van der Waals surface area (Å²) in [4.78, 5) is 15.4. The van der Waals surface area contributed by atoms with Crippen LogP contribution in [0.1, 0.15) is 26.3 Å². The van der Waals surface area contributed by atoms with Gasteiger partial charge in [-0.3, -0.25) is 9.80 Å². The monoisotopic (exact) mass is 324 g/mol. The normalized spacial score (nSPS) is 12.9. The van der Waals surface area contributed by atoms with Gasteiger partial charge >= 0.3 is 6.09 Å². The number of methoxy groups -OCH3 is 1. The molecule has 0 aliphatic carbocycles. The first-order valence-electron chi connectivity index (χ1n) is 7.54. The number of hydrogen-bond donors (Lipinski definition) is 1. The molecule has 6 heteroatoms. The molecule has 0 fully saturated rings. The smallest absolute Gasteiger partial charge is 0.414 e. The van der Waals surface area contributed by atoms with Gasteiger partial charge in [0.25, 0.3) is 0 Å². The van der Waals surface area contributed by atoms with E-state index in [4.69, 9.17) is 9.47 Å². The van der Waals surface area contributed by atoms with Crippen molar-refractivity contribution >= 4 is 11.8 Å². The Morgan fingerprint density at radius 2 is 1.87 bits per heavy atom. The summed E-state index contributed by atoms with van der Waals surface area (Å²) in [7, 11) is 6.78. The van der Waals surface area contributed by atoms with Crippen LogP contribution < -0.4 is 9.64 Å². The van der Waals surface area contributed by atoms with Crippen LogP contribution in [0.3, 0.4) is 0 Å². The first-order valence-corrected chi connectivity index (χ1v) is 7.54. The highest BCUT2D eigenvalue weighted by Crippen LogP contribution is 2.33. The quantitative estimate of drug-likeness (QED) is 0.843. The molecule has 0 saturated carbocycles. The van der Waals surface area contributed by atoms with Crippen LogP contribution in [0, 0.1) is 0 Å². The maximum atomic E-state index is 12.3. The van der Waals surface area contributed by atoms with Gasteiger partial charge in [0.15, 0.2) is 0 Å². The van der Waals surface area contributed by atoms with Crippen LogP contribution in [0.25, 0.3) is 0 Å². The maximum absolute atomic E-state index is 12.3. The molecule has 1 unspecified atom stereocenters. The Morgan fingerprint density at radius 3 is 2.35 bits per heavy atom. The third-order valence-corrected chi connectivity index (χ3v) is 3.31. The summed E-state index contributed by atoms with van der Waals surface area (Å²) in [6.45, 7) is 5.46. The lowest BCUT2D eigenvalue weighted by Gasteiger charge is -2.27. The van der Waals surface area contributed by atoms with Crippen molar-refractivity contribution in [3.05, 3.63) is 23.8 Å². The first-order chi connectivity index (χ1) is 10.6. The number of carbonyl (C=O) groups is 1. The predicted molar refractivity (Wildman–Crippen MR) is 91.0 cm³/mol. The molecule has 1 aromatic rings. The Bertz CT molecular complexity index is 538. The van der Waals surface area contributed by atoms with E-state index in [9.17, 15) is 9.90 Å². The molecule has 130 valence electrons.